The zero-order chi connectivity index (χ0) is 23.5. The quantitative estimate of drug-likeness (QED) is 0.341. The van der Waals surface area contributed by atoms with Crippen molar-refractivity contribution >= 4 is 40.0 Å². The van der Waals surface area contributed by atoms with Gasteiger partial charge in [0.2, 0.25) is 5.91 Å². The summed E-state index contributed by atoms with van der Waals surface area (Å²) in [4.78, 5) is 25.4. The number of amides is 1. The Bertz CT molecular complexity index is 1170. The third-order valence-corrected chi connectivity index (χ3v) is 7.81. The summed E-state index contributed by atoms with van der Waals surface area (Å²) in [6.07, 6.45) is 4.54. The van der Waals surface area contributed by atoms with Gasteiger partial charge in [0, 0.05) is 23.5 Å². The topological polar surface area (TPSA) is 95.3 Å². The maximum absolute atomic E-state index is 12.8. The van der Waals surface area contributed by atoms with Crippen LogP contribution in [0.1, 0.15) is 47.8 Å². The van der Waals surface area contributed by atoms with Gasteiger partial charge in [-0.1, -0.05) is 42.1 Å². The summed E-state index contributed by atoms with van der Waals surface area (Å²) >= 11 is 2.67. The molecule has 1 unspecified atom stereocenters. The van der Waals surface area contributed by atoms with Crippen LogP contribution in [0.4, 0.5) is 5.00 Å². The number of methoxy groups -OCH3 is 1. The molecular weight excluding hydrogens is 472 g/mol. The van der Waals surface area contributed by atoms with Gasteiger partial charge in [0.25, 0.3) is 0 Å². The second-order valence-electron chi connectivity index (χ2n) is 8.41. The van der Waals surface area contributed by atoms with E-state index in [1.807, 2.05) is 35.7 Å². The highest BCUT2D eigenvalue weighted by Crippen LogP contribution is 2.40. The first-order chi connectivity index (χ1) is 16.6. The van der Waals surface area contributed by atoms with Crippen molar-refractivity contribution in [2.75, 3.05) is 24.8 Å². The lowest BCUT2D eigenvalue weighted by Gasteiger charge is -2.14. The molecule has 1 atom stereocenters. The number of anilines is 1. The summed E-state index contributed by atoms with van der Waals surface area (Å²) in [6, 6.07) is 9.58. The second-order valence-corrected chi connectivity index (χ2v) is 10.2. The minimum absolute atomic E-state index is 0.160. The fourth-order valence-electron chi connectivity index (χ4n) is 4.09. The minimum atomic E-state index is -0.478. The number of aromatic nitrogens is 3. The van der Waals surface area contributed by atoms with E-state index in [1.54, 1.807) is 0 Å². The van der Waals surface area contributed by atoms with E-state index < -0.39 is 5.97 Å². The van der Waals surface area contributed by atoms with Crippen molar-refractivity contribution < 1.29 is 19.1 Å². The predicted molar refractivity (Wildman–Crippen MR) is 131 cm³/mol. The minimum Gasteiger partial charge on any atom is -0.465 e. The van der Waals surface area contributed by atoms with Crippen LogP contribution in [0, 0.1) is 0 Å². The van der Waals surface area contributed by atoms with Gasteiger partial charge in [-0.05, 0) is 31.2 Å². The second kappa shape index (κ2) is 10.3. The molecule has 10 heteroatoms. The van der Waals surface area contributed by atoms with E-state index >= 15 is 0 Å². The SMILES string of the molecule is COC(=O)c1c(-c2ccccc2)csc1NC(=O)CSc1nnc(C2CC2)n1CC1CCCO1. The van der Waals surface area contributed by atoms with E-state index in [1.165, 1.54) is 30.2 Å². The molecule has 1 aliphatic carbocycles. The number of thiophene rings is 1. The number of carbonyl (C=O) groups excluding carboxylic acids is 2. The fourth-order valence-corrected chi connectivity index (χ4v) is 5.82. The van der Waals surface area contributed by atoms with Crippen LogP contribution in [0.5, 0.6) is 0 Å². The summed E-state index contributed by atoms with van der Waals surface area (Å²) in [6.45, 7) is 1.52. The average molecular weight is 499 g/mol. The predicted octanol–water partition coefficient (Wildman–Crippen LogP) is 4.58. The number of nitrogens with one attached hydrogen (secondary N) is 1. The van der Waals surface area contributed by atoms with Gasteiger partial charge in [0.15, 0.2) is 5.16 Å². The lowest BCUT2D eigenvalue weighted by Crippen LogP contribution is -2.19. The van der Waals surface area contributed by atoms with Crippen molar-refractivity contribution in [1.29, 1.82) is 0 Å². The number of nitrogens with zero attached hydrogens (tertiary/aromatic N) is 3. The van der Waals surface area contributed by atoms with Crippen molar-refractivity contribution in [2.24, 2.45) is 0 Å². The van der Waals surface area contributed by atoms with Crippen LogP contribution in [-0.2, 0) is 20.8 Å². The van der Waals surface area contributed by atoms with E-state index in [2.05, 4.69) is 20.1 Å². The lowest BCUT2D eigenvalue weighted by atomic mass is 10.0. The molecule has 1 aromatic carbocycles. The van der Waals surface area contributed by atoms with Gasteiger partial charge in [-0.25, -0.2) is 4.79 Å². The summed E-state index contributed by atoms with van der Waals surface area (Å²) in [7, 11) is 1.34. The van der Waals surface area contributed by atoms with Gasteiger partial charge < -0.3 is 19.4 Å². The molecule has 1 aliphatic heterocycles. The molecule has 8 nitrogen and oxygen atoms in total. The van der Waals surface area contributed by atoms with Crippen molar-refractivity contribution in [2.45, 2.75) is 49.4 Å². The molecule has 2 aromatic heterocycles. The number of thioether (sulfide) groups is 1. The highest BCUT2D eigenvalue weighted by molar-refractivity contribution is 7.99. The average Bonchev–Trinajstić information content (AvgIpc) is 3.22. The molecular formula is C24H26N4O4S2. The molecule has 3 aromatic rings. The molecule has 1 saturated carbocycles. The van der Waals surface area contributed by atoms with Crippen molar-refractivity contribution in [3.63, 3.8) is 0 Å². The summed E-state index contributed by atoms with van der Waals surface area (Å²) < 4.78 is 12.9. The highest BCUT2D eigenvalue weighted by Gasteiger charge is 2.32. The number of ether oxygens (including phenoxy) is 2. The molecule has 178 valence electrons. The Morgan fingerprint density at radius 3 is 2.76 bits per heavy atom. The van der Waals surface area contributed by atoms with Crippen molar-refractivity contribution in [3.05, 3.63) is 47.1 Å². The molecule has 0 spiro atoms. The zero-order valence-corrected chi connectivity index (χ0v) is 20.5. The third kappa shape index (κ3) is 5.03. The van der Waals surface area contributed by atoms with Gasteiger partial charge in [-0.3, -0.25) is 4.79 Å². The molecule has 2 aliphatic rings. The molecule has 2 fully saturated rings. The number of hydrogen-bond acceptors (Lipinski definition) is 8. The normalized spacial score (nSPS) is 17.6. The van der Waals surface area contributed by atoms with E-state index in [0.29, 0.717) is 16.5 Å². The first-order valence-electron chi connectivity index (χ1n) is 11.4. The zero-order valence-electron chi connectivity index (χ0n) is 18.9. The van der Waals surface area contributed by atoms with Crippen molar-refractivity contribution in [1.82, 2.24) is 14.8 Å². The molecule has 3 heterocycles. The number of carbonyl (C=O) groups is 2. The molecule has 34 heavy (non-hydrogen) atoms. The van der Waals surface area contributed by atoms with Crippen LogP contribution >= 0.6 is 23.1 Å². The Kier molecular flexibility index (Phi) is 6.98. The third-order valence-electron chi connectivity index (χ3n) is 5.95. The Hall–Kier alpha value is -2.69. The summed E-state index contributed by atoms with van der Waals surface area (Å²) in [5.74, 6) is 0.928. The van der Waals surface area contributed by atoms with Crippen LogP contribution in [0.3, 0.4) is 0 Å². The molecule has 1 N–H and O–H groups in total. The monoisotopic (exact) mass is 498 g/mol. The van der Waals surface area contributed by atoms with Crippen molar-refractivity contribution in [3.8, 4) is 11.1 Å². The molecule has 0 bridgehead atoms. The standard InChI is InChI=1S/C24H26N4O4S2/c1-31-23(30)20-18(15-6-3-2-4-7-15)13-33-22(20)25-19(29)14-34-24-27-26-21(16-9-10-16)28(24)12-17-8-5-11-32-17/h2-4,6-7,13,16-17H,5,8-12,14H2,1H3,(H,25,29). The number of hydrogen-bond donors (Lipinski definition) is 1. The van der Waals surface area contributed by atoms with Crippen LogP contribution in [-0.4, -0.2) is 52.2 Å². The molecule has 0 radical (unpaired) electrons. The summed E-state index contributed by atoms with van der Waals surface area (Å²) in [5, 5.41) is 14.8. The maximum atomic E-state index is 12.8. The summed E-state index contributed by atoms with van der Waals surface area (Å²) in [5.41, 5.74) is 2.00. The smallest absolute Gasteiger partial charge is 0.341 e. The maximum Gasteiger partial charge on any atom is 0.341 e. The number of benzene rings is 1. The Balaban J connectivity index is 1.29. The Morgan fingerprint density at radius 1 is 1.24 bits per heavy atom. The van der Waals surface area contributed by atoms with Gasteiger partial charge in [0.1, 0.15) is 16.4 Å². The van der Waals surface area contributed by atoms with Gasteiger partial charge in [-0.15, -0.1) is 21.5 Å². The highest BCUT2D eigenvalue weighted by atomic mass is 32.2. The van der Waals surface area contributed by atoms with Crippen LogP contribution in [0.2, 0.25) is 0 Å². The Labute approximate surface area is 206 Å². The lowest BCUT2D eigenvalue weighted by molar-refractivity contribution is -0.113. The molecule has 1 saturated heterocycles. The Morgan fingerprint density at radius 2 is 2.06 bits per heavy atom. The largest absolute Gasteiger partial charge is 0.465 e. The molecule has 5 rings (SSSR count). The van der Waals surface area contributed by atoms with Crippen LogP contribution in [0.15, 0.2) is 40.9 Å². The van der Waals surface area contributed by atoms with Gasteiger partial charge in [-0.2, -0.15) is 0 Å². The van der Waals surface area contributed by atoms with Gasteiger partial charge in [0.05, 0.1) is 25.5 Å². The number of esters is 1. The van der Waals surface area contributed by atoms with E-state index in [-0.39, 0.29) is 17.8 Å². The van der Waals surface area contributed by atoms with Crippen LogP contribution in [0.25, 0.3) is 11.1 Å². The first-order valence-corrected chi connectivity index (χ1v) is 13.2. The first kappa shape index (κ1) is 23.1. The molecule has 1 amide bonds. The van der Waals surface area contributed by atoms with Gasteiger partial charge >= 0.3 is 5.97 Å². The van der Waals surface area contributed by atoms with E-state index in [4.69, 9.17) is 9.47 Å². The fraction of sp³-hybridized carbons (Fsp3) is 0.417. The number of rotatable bonds is 9. The van der Waals surface area contributed by atoms with E-state index in [0.717, 1.165) is 60.9 Å². The van der Waals surface area contributed by atoms with E-state index in [9.17, 15) is 9.59 Å². The van der Waals surface area contributed by atoms with Crippen LogP contribution < -0.4 is 5.32 Å².